The summed E-state index contributed by atoms with van der Waals surface area (Å²) in [6, 6.07) is 5.88. The number of likely N-dealkylation sites (tertiary alicyclic amines) is 1. The van der Waals surface area contributed by atoms with Crippen LogP contribution in [0.1, 0.15) is 21.5 Å². The first-order chi connectivity index (χ1) is 12.7. The molecule has 27 heavy (non-hydrogen) atoms. The van der Waals surface area contributed by atoms with Gasteiger partial charge in [0.15, 0.2) is 0 Å². The first kappa shape index (κ1) is 18.6. The van der Waals surface area contributed by atoms with Gasteiger partial charge in [-0.15, -0.1) is 0 Å². The highest BCUT2D eigenvalue weighted by Crippen LogP contribution is 2.31. The standard InChI is InChI=1S/C17H14F3N3O4/c1-10-13(3-2-4-14(10)23(25)26)16(24)22-8-12(9-22)27-15-7-11(5-6-21-15)17(18,19)20/h2-7,12H,8-9H2,1H3. The number of carbonyl (C=O) groups excluding carboxylic acids is 1. The van der Waals surface area contributed by atoms with Crippen LogP contribution < -0.4 is 4.74 Å². The van der Waals surface area contributed by atoms with Crippen molar-refractivity contribution in [1.29, 1.82) is 0 Å². The minimum atomic E-state index is -4.50. The molecule has 1 fully saturated rings. The molecule has 0 N–H and O–H groups in total. The lowest BCUT2D eigenvalue weighted by atomic mass is 10.0. The maximum absolute atomic E-state index is 12.7. The van der Waals surface area contributed by atoms with Gasteiger partial charge in [-0.3, -0.25) is 14.9 Å². The molecule has 1 aromatic carbocycles. The molecular formula is C17H14F3N3O4. The number of hydrogen-bond acceptors (Lipinski definition) is 5. The Bertz CT molecular complexity index is 895. The van der Waals surface area contributed by atoms with Crippen LogP contribution in [-0.2, 0) is 6.18 Å². The summed E-state index contributed by atoms with van der Waals surface area (Å²) in [7, 11) is 0. The molecule has 10 heteroatoms. The summed E-state index contributed by atoms with van der Waals surface area (Å²) in [6.45, 7) is 1.80. The molecule has 1 aromatic heterocycles. The molecule has 0 bridgehead atoms. The Hall–Kier alpha value is -3.17. The molecule has 1 amide bonds. The fourth-order valence-electron chi connectivity index (χ4n) is 2.72. The maximum atomic E-state index is 12.7. The Morgan fingerprint density at radius 1 is 1.33 bits per heavy atom. The van der Waals surface area contributed by atoms with Gasteiger partial charge in [0.1, 0.15) is 6.10 Å². The number of rotatable bonds is 4. The van der Waals surface area contributed by atoms with E-state index in [2.05, 4.69) is 4.98 Å². The third kappa shape index (κ3) is 3.83. The van der Waals surface area contributed by atoms with E-state index in [1.54, 1.807) is 0 Å². The van der Waals surface area contributed by atoms with Gasteiger partial charge in [0.25, 0.3) is 11.6 Å². The maximum Gasteiger partial charge on any atom is 0.416 e. The van der Waals surface area contributed by atoms with Gasteiger partial charge in [-0.2, -0.15) is 13.2 Å². The van der Waals surface area contributed by atoms with Gasteiger partial charge >= 0.3 is 6.18 Å². The summed E-state index contributed by atoms with van der Waals surface area (Å²) < 4.78 is 43.5. The first-order valence-electron chi connectivity index (χ1n) is 7.90. The van der Waals surface area contributed by atoms with E-state index in [9.17, 15) is 28.1 Å². The molecule has 1 aliphatic rings. The van der Waals surface area contributed by atoms with Crippen molar-refractivity contribution in [2.75, 3.05) is 13.1 Å². The van der Waals surface area contributed by atoms with Crippen LogP contribution in [0.3, 0.4) is 0 Å². The topological polar surface area (TPSA) is 85.6 Å². The van der Waals surface area contributed by atoms with Crippen molar-refractivity contribution >= 4 is 11.6 Å². The SMILES string of the molecule is Cc1c(C(=O)N2CC(Oc3cc(C(F)(F)F)ccn3)C2)cccc1[N+](=O)[O-]. The van der Waals surface area contributed by atoms with Crippen LogP contribution in [0, 0.1) is 17.0 Å². The fraction of sp³-hybridized carbons (Fsp3) is 0.294. The minimum absolute atomic E-state index is 0.151. The van der Waals surface area contributed by atoms with Crippen LogP contribution >= 0.6 is 0 Å². The molecule has 2 aromatic rings. The van der Waals surface area contributed by atoms with E-state index in [1.807, 2.05) is 0 Å². The van der Waals surface area contributed by atoms with Crippen molar-refractivity contribution in [2.45, 2.75) is 19.2 Å². The number of aromatic nitrogens is 1. The lowest BCUT2D eigenvalue weighted by molar-refractivity contribution is -0.385. The number of ether oxygens (including phenoxy) is 1. The Morgan fingerprint density at radius 2 is 2.04 bits per heavy atom. The number of benzene rings is 1. The van der Waals surface area contributed by atoms with Crippen molar-refractivity contribution in [3.8, 4) is 5.88 Å². The zero-order valence-electron chi connectivity index (χ0n) is 14.1. The second-order valence-electron chi connectivity index (χ2n) is 6.04. The molecule has 0 saturated carbocycles. The van der Waals surface area contributed by atoms with Crippen LogP contribution in [0.4, 0.5) is 18.9 Å². The summed E-state index contributed by atoms with van der Waals surface area (Å²) in [5.41, 5.74) is -0.550. The van der Waals surface area contributed by atoms with Gasteiger partial charge in [0.2, 0.25) is 5.88 Å². The molecular weight excluding hydrogens is 367 g/mol. The third-order valence-corrected chi connectivity index (χ3v) is 4.22. The molecule has 0 radical (unpaired) electrons. The Morgan fingerprint density at radius 3 is 2.67 bits per heavy atom. The summed E-state index contributed by atoms with van der Waals surface area (Å²) in [4.78, 5) is 28.1. The highest BCUT2D eigenvalue weighted by molar-refractivity contribution is 5.97. The normalized spacial score (nSPS) is 14.6. The van der Waals surface area contributed by atoms with E-state index in [0.717, 1.165) is 18.3 Å². The zero-order chi connectivity index (χ0) is 19.8. The predicted octanol–water partition coefficient (Wildman–Crippen LogP) is 3.22. The van der Waals surface area contributed by atoms with Crippen LogP contribution in [0.15, 0.2) is 36.5 Å². The van der Waals surface area contributed by atoms with Gasteiger partial charge in [-0.1, -0.05) is 6.07 Å². The Labute approximate surface area is 151 Å². The average molecular weight is 381 g/mol. The summed E-state index contributed by atoms with van der Waals surface area (Å²) in [5, 5.41) is 11.0. The average Bonchev–Trinajstić information content (AvgIpc) is 2.56. The largest absolute Gasteiger partial charge is 0.471 e. The van der Waals surface area contributed by atoms with Crippen LogP contribution in [-0.4, -0.2) is 39.9 Å². The lowest BCUT2D eigenvalue weighted by Gasteiger charge is -2.38. The molecule has 142 valence electrons. The van der Waals surface area contributed by atoms with Gasteiger partial charge in [0, 0.05) is 29.5 Å². The highest BCUT2D eigenvalue weighted by Gasteiger charge is 2.35. The number of alkyl halides is 3. The molecule has 0 aliphatic carbocycles. The van der Waals surface area contributed by atoms with Crippen molar-refractivity contribution in [2.24, 2.45) is 0 Å². The molecule has 1 aliphatic heterocycles. The van der Waals surface area contributed by atoms with Gasteiger partial charge in [-0.05, 0) is 19.1 Å². The van der Waals surface area contributed by atoms with Crippen molar-refractivity contribution < 1.29 is 27.6 Å². The number of carbonyl (C=O) groups is 1. The second kappa shape index (κ2) is 6.86. The van der Waals surface area contributed by atoms with E-state index in [1.165, 1.54) is 30.0 Å². The van der Waals surface area contributed by atoms with Crippen LogP contribution in [0.5, 0.6) is 5.88 Å². The predicted molar refractivity (Wildman–Crippen MR) is 87.4 cm³/mol. The van der Waals surface area contributed by atoms with Crippen molar-refractivity contribution in [3.63, 3.8) is 0 Å². The molecule has 1 saturated heterocycles. The lowest BCUT2D eigenvalue weighted by Crippen LogP contribution is -2.56. The molecule has 3 rings (SSSR count). The fourth-order valence-corrected chi connectivity index (χ4v) is 2.72. The first-order valence-corrected chi connectivity index (χ1v) is 7.90. The number of nitro groups is 1. The minimum Gasteiger partial charge on any atom is -0.471 e. The van der Waals surface area contributed by atoms with Crippen molar-refractivity contribution in [3.05, 3.63) is 63.3 Å². The van der Waals surface area contributed by atoms with E-state index in [0.29, 0.717) is 0 Å². The number of halogens is 3. The van der Waals surface area contributed by atoms with Crippen LogP contribution in [0.2, 0.25) is 0 Å². The summed E-state index contributed by atoms with van der Waals surface area (Å²) in [5.74, 6) is -0.568. The second-order valence-corrected chi connectivity index (χ2v) is 6.04. The molecule has 7 nitrogen and oxygen atoms in total. The smallest absolute Gasteiger partial charge is 0.416 e. The molecule has 0 spiro atoms. The van der Waals surface area contributed by atoms with E-state index in [4.69, 9.17) is 4.74 Å². The van der Waals surface area contributed by atoms with Crippen molar-refractivity contribution in [1.82, 2.24) is 9.88 Å². The highest BCUT2D eigenvalue weighted by atomic mass is 19.4. The van der Waals surface area contributed by atoms with E-state index < -0.39 is 28.7 Å². The zero-order valence-corrected chi connectivity index (χ0v) is 14.1. The number of nitro benzene ring substituents is 1. The number of pyridine rings is 1. The molecule has 0 unspecified atom stereocenters. The number of nitrogens with zero attached hydrogens (tertiary/aromatic N) is 3. The number of hydrogen-bond donors (Lipinski definition) is 0. The monoisotopic (exact) mass is 381 g/mol. The summed E-state index contributed by atoms with van der Waals surface area (Å²) in [6.07, 6.45) is -3.99. The van der Waals surface area contributed by atoms with Gasteiger partial charge in [-0.25, -0.2) is 4.98 Å². The quantitative estimate of drug-likeness (QED) is 0.600. The van der Waals surface area contributed by atoms with Crippen LogP contribution in [0.25, 0.3) is 0 Å². The third-order valence-electron chi connectivity index (χ3n) is 4.22. The van der Waals surface area contributed by atoms with E-state index >= 15 is 0 Å². The summed E-state index contributed by atoms with van der Waals surface area (Å²) >= 11 is 0. The Kier molecular flexibility index (Phi) is 4.73. The molecule has 2 heterocycles. The number of amides is 1. The van der Waals surface area contributed by atoms with Gasteiger partial charge in [0.05, 0.1) is 23.6 Å². The Balaban J connectivity index is 1.64. The molecule has 0 atom stereocenters. The van der Waals surface area contributed by atoms with E-state index in [-0.39, 0.29) is 35.8 Å². The van der Waals surface area contributed by atoms with Gasteiger partial charge < -0.3 is 9.64 Å².